The summed E-state index contributed by atoms with van der Waals surface area (Å²) in [6.45, 7) is 5.87. The standard InChI is InChI=1S/C21H26N2O4/c1-3-26-16-6-7-18-17(12-16)13(2)19(27-18)20(24)22-15-8-10-23(11-9-15)21(25)14-4-5-14/h6-7,12,14-15H,3-5,8-11H2,1-2H3,(H,22,24). The number of aryl methyl sites for hydroxylation is 1. The third kappa shape index (κ3) is 3.66. The van der Waals surface area contributed by atoms with Gasteiger partial charge in [0.2, 0.25) is 5.91 Å². The van der Waals surface area contributed by atoms with Crippen molar-refractivity contribution in [1.82, 2.24) is 10.2 Å². The van der Waals surface area contributed by atoms with Gasteiger partial charge in [0.25, 0.3) is 5.91 Å². The quantitative estimate of drug-likeness (QED) is 0.877. The van der Waals surface area contributed by atoms with E-state index in [1.54, 1.807) is 0 Å². The summed E-state index contributed by atoms with van der Waals surface area (Å²) in [6, 6.07) is 5.68. The smallest absolute Gasteiger partial charge is 0.287 e. The normalized spacial score (nSPS) is 17.9. The van der Waals surface area contributed by atoms with Crippen molar-refractivity contribution in [3.05, 3.63) is 29.5 Å². The Morgan fingerprint density at radius 3 is 2.63 bits per heavy atom. The Morgan fingerprint density at radius 1 is 1.22 bits per heavy atom. The number of hydrogen-bond acceptors (Lipinski definition) is 4. The maximum Gasteiger partial charge on any atom is 0.287 e. The largest absolute Gasteiger partial charge is 0.494 e. The van der Waals surface area contributed by atoms with Crippen molar-refractivity contribution in [2.24, 2.45) is 5.92 Å². The number of hydrogen-bond donors (Lipinski definition) is 1. The Morgan fingerprint density at radius 2 is 1.96 bits per heavy atom. The number of carbonyl (C=O) groups excluding carboxylic acids is 2. The molecule has 2 fully saturated rings. The van der Waals surface area contributed by atoms with E-state index in [4.69, 9.17) is 9.15 Å². The zero-order valence-corrected chi connectivity index (χ0v) is 15.9. The van der Waals surface area contributed by atoms with Crippen LogP contribution in [0.1, 0.15) is 48.7 Å². The van der Waals surface area contributed by atoms with Crippen molar-refractivity contribution >= 4 is 22.8 Å². The molecule has 1 saturated carbocycles. The van der Waals surface area contributed by atoms with Crippen LogP contribution in [0.25, 0.3) is 11.0 Å². The van der Waals surface area contributed by atoms with Gasteiger partial charge in [-0.05, 0) is 57.7 Å². The first-order chi connectivity index (χ1) is 13.1. The molecule has 1 aromatic carbocycles. The molecule has 2 aromatic rings. The molecular weight excluding hydrogens is 344 g/mol. The van der Waals surface area contributed by atoms with E-state index >= 15 is 0 Å². The Bertz CT molecular complexity index is 860. The summed E-state index contributed by atoms with van der Waals surface area (Å²) in [5, 5.41) is 3.98. The molecule has 6 heteroatoms. The van der Waals surface area contributed by atoms with Crippen molar-refractivity contribution in [3.8, 4) is 5.75 Å². The van der Waals surface area contributed by atoms with Gasteiger partial charge in [-0.15, -0.1) is 0 Å². The molecule has 2 amide bonds. The minimum Gasteiger partial charge on any atom is -0.494 e. The molecule has 1 N–H and O–H groups in total. The van der Waals surface area contributed by atoms with E-state index in [0.717, 1.165) is 55.5 Å². The van der Waals surface area contributed by atoms with E-state index in [0.29, 0.717) is 18.0 Å². The number of rotatable bonds is 5. The summed E-state index contributed by atoms with van der Waals surface area (Å²) in [7, 11) is 0. The molecule has 1 aliphatic carbocycles. The van der Waals surface area contributed by atoms with Crippen LogP contribution in [0.2, 0.25) is 0 Å². The van der Waals surface area contributed by atoms with Crippen molar-refractivity contribution in [3.63, 3.8) is 0 Å². The fourth-order valence-electron chi connectivity index (χ4n) is 3.76. The van der Waals surface area contributed by atoms with Crippen LogP contribution < -0.4 is 10.1 Å². The Hall–Kier alpha value is -2.50. The number of benzene rings is 1. The molecule has 0 unspecified atom stereocenters. The first-order valence-corrected chi connectivity index (χ1v) is 9.82. The average molecular weight is 370 g/mol. The monoisotopic (exact) mass is 370 g/mol. The van der Waals surface area contributed by atoms with Crippen LogP contribution in [0.15, 0.2) is 22.6 Å². The molecule has 144 valence electrons. The number of carbonyl (C=O) groups is 2. The van der Waals surface area contributed by atoms with Crippen LogP contribution in [0.3, 0.4) is 0 Å². The predicted octanol–water partition coefficient (Wildman–Crippen LogP) is 3.27. The third-order valence-electron chi connectivity index (χ3n) is 5.49. The molecule has 0 radical (unpaired) electrons. The van der Waals surface area contributed by atoms with Gasteiger partial charge >= 0.3 is 0 Å². The first-order valence-electron chi connectivity index (χ1n) is 9.82. The highest BCUT2D eigenvalue weighted by molar-refractivity contribution is 5.99. The summed E-state index contributed by atoms with van der Waals surface area (Å²) >= 11 is 0. The third-order valence-corrected chi connectivity index (χ3v) is 5.49. The van der Waals surface area contributed by atoms with Gasteiger partial charge < -0.3 is 19.4 Å². The highest BCUT2D eigenvalue weighted by Gasteiger charge is 2.35. The number of fused-ring (bicyclic) bond motifs is 1. The van der Waals surface area contributed by atoms with Gasteiger partial charge in [0.05, 0.1) is 6.61 Å². The zero-order valence-electron chi connectivity index (χ0n) is 15.9. The Balaban J connectivity index is 1.41. The van der Waals surface area contributed by atoms with E-state index in [1.807, 2.05) is 36.9 Å². The van der Waals surface area contributed by atoms with Gasteiger partial charge in [-0.1, -0.05) is 0 Å². The molecular formula is C21H26N2O4. The van der Waals surface area contributed by atoms with Gasteiger partial charge in [-0.25, -0.2) is 0 Å². The number of furan rings is 1. The van der Waals surface area contributed by atoms with Gasteiger partial charge in [-0.3, -0.25) is 9.59 Å². The van der Waals surface area contributed by atoms with E-state index in [2.05, 4.69) is 5.32 Å². The molecule has 0 atom stereocenters. The molecule has 27 heavy (non-hydrogen) atoms. The zero-order chi connectivity index (χ0) is 19.0. The maximum atomic E-state index is 12.7. The number of piperidine rings is 1. The number of amides is 2. The fourth-order valence-corrected chi connectivity index (χ4v) is 3.76. The average Bonchev–Trinajstić information content (AvgIpc) is 3.47. The summed E-state index contributed by atoms with van der Waals surface area (Å²) < 4.78 is 11.3. The van der Waals surface area contributed by atoms with Crippen LogP contribution in [-0.4, -0.2) is 42.5 Å². The minimum atomic E-state index is -0.186. The molecule has 2 heterocycles. The lowest BCUT2D eigenvalue weighted by Crippen LogP contribution is -2.47. The summed E-state index contributed by atoms with van der Waals surface area (Å²) in [5.74, 6) is 1.49. The Kier molecular flexibility index (Phi) is 4.81. The highest BCUT2D eigenvalue weighted by atomic mass is 16.5. The topological polar surface area (TPSA) is 71.8 Å². The second kappa shape index (κ2) is 7.25. The number of ether oxygens (including phenoxy) is 1. The summed E-state index contributed by atoms with van der Waals surface area (Å²) in [5.41, 5.74) is 1.51. The lowest BCUT2D eigenvalue weighted by Gasteiger charge is -2.32. The number of likely N-dealkylation sites (tertiary alicyclic amines) is 1. The van der Waals surface area contributed by atoms with Gasteiger partial charge in [-0.2, -0.15) is 0 Å². The van der Waals surface area contributed by atoms with Crippen molar-refractivity contribution in [1.29, 1.82) is 0 Å². The van der Waals surface area contributed by atoms with Crippen LogP contribution in [-0.2, 0) is 4.79 Å². The summed E-state index contributed by atoms with van der Waals surface area (Å²) in [4.78, 5) is 26.8. The molecule has 0 bridgehead atoms. The second-order valence-electron chi connectivity index (χ2n) is 7.49. The van der Waals surface area contributed by atoms with Crippen LogP contribution in [0, 0.1) is 12.8 Å². The van der Waals surface area contributed by atoms with E-state index in [-0.39, 0.29) is 23.8 Å². The highest BCUT2D eigenvalue weighted by Crippen LogP contribution is 2.32. The first kappa shape index (κ1) is 17.9. The minimum absolute atomic E-state index is 0.0763. The number of nitrogens with one attached hydrogen (secondary N) is 1. The molecule has 1 aliphatic heterocycles. The molecule has 1 saturated heterocycles. The maximum absolute atomic E-state index is 12.7. The molecule has 4 rings (SSSR count). The fraction of sp³-hybridized carbons (Fsp3) is 0.524. The lowest BCUT2D eigenvalue weighted by atomic mass is 10.0. The molecule has 0 spiro atoms. The van der Waals surface area contributed by atoms with Gasteiger partial charge in [0.1, 0.15) is 11.3 Å². The van der Waals surface area contributed by atoms with Gasteiger partial charge in [0, 0.05) is 36.0 Å². The van der Waals surface area contributed by atoms with Crippen LogP contribution >= 0.6 is 0 Å². The van der Waals surface area contributed by atoms with Crippen LogP contribution in [0.5, 0.6) is 5.75 Å². The van der Waals surface area contributed by atoms with E-state index < -0.39 is 0 Å². The molecule has 6 nitrogen and oxygen atoms in total. The predicted molar refractivity (Wildman–Crippen MR) is 102 cm³/mol. The van der Waals surface area contributed by atoms with Crippen LogP contribution in [0.4, 0.5) is 0 Å². The molecule has 2 aliphatic rings. The summed E-state index contributed by atoms with van der Waals surface area (Å²) in [6.07, 6.45) is 3.65. The van der Waals surface area contributed by atoms with Gasteiger partial charge in [0.15, 0.2) is 5.76 Å². The number of nitrogens with zero attached hydrogens (tertiary/aromatic N) is 1. The Labute approximate surface area is 158 Å². The van der Waals surface area contributed by atoms with E-state index in [9.17, 15) is 9.59 Å². The second-order valence-corrected chi connectivity index (χ2v) is 7.49. The lowest BCUT2D eigenvalue weighted by molar-refractivity contribution is -0.133. The molecule has 1 aromatic heterocycles. The van der Waals surface area contributed by atoms with Crippen molar-refractivity contribution in [2.45, 2.75) is 45.6 Å². The SMILES string of the molecule is CCOc1ccc2oc(C(=O)NC3CCN(C(=O)C4CC4)CC3)c(C)c2c1. The van der Waals surface area contributed by atoms with Crippen molar-refractivity contribution in [2.75, 3.05) is 19.7 Å². The van der Waals surface area contributed by atoms with Crippen molar-refractivity contribution < 1.29 is 18.7 Å². The van der Waals surface area contributed by atoms with E-state index in [1.165, 1.54) is 0 Å².